The largest absolute Gasteiger partial charge is 0.355 e. The number of nitrogens with zero attached hydrogens (tertiary/aromatic N) is 3. The number of carbonyl (C=O) groups is 1. The van der Waals surface area contributed by atoms with E-state index >= 15 is 0 Å². The smallest absolute Gasteiger partial charge is 0.239 e. The van der Waals surface area contributed by atoms with Crippen LogP contribution in [0.1, 0.15) is 32.5 Å². The van der Waals surface area contributed by atoms with E-state index in [0.717, 1.165) is 16.2 Å². The van der Waals surface area contributed by atoms with Gasteiger partial charge < -0.3 is 10.2 Å². The SMILES string of the molecule is CCNC(=O)CN(C)c1cc(Br)nc(C(C)C)n1. The first kappa shape index (κ1) is 14.9. The molecular formula is C12H19BrN4O. The molecule has 0 saturated carbocycles. The molecule has 1 amide bonds. The van der Waals surface area contributed by atoms with Gasteiger partial charge in [-0.2, -0.15) is 0 Å². The fourth-order valence-corrected chi connectivity index (χ4v) is 1.81. The Hall–Kier alpha value is -1.17. The van der Waals surface area contributed by atoms with Crippen LogP contribution >= 0.6 is 15.9 Å². The average Bonchev–Trinajstić information content (AvgIpc) is 2.28. The summed E-state index contributed by atoms with van der Waals surface area (Å²) in [5, 5.41) is 2.76. The molecule has 0 aliphatic rings. The Labute approximate surface area is 116 Å². The van der Waals surface area contributed by atoms with E-state index in [-0.39, 0.29) is 18.4 Å². The van der Waals surface area contributed by atoms with Crippen molar-refractivity contribution in [3.63, 3.8) is 0 Å². The van der Waals surface area contributed by atoms with E-state index in [0.29, 0.717) is 6.54 Å². The Morgan fingerprint density at radius 3 is 2.72 bits per heavy atom. The van der Waals surface area contributed by atoms with Crippen LogP contribution in [0.4, 0.5) is 5.82 Å². The zero-order valence-electron chi connectivity index (χ0n) is 11.2. The normalized spacial score (nSPS) is 10.6. The van der Waals surface area contributed by atoms with Crippen LogP contribution in [-0.2, 0) is 4.79 Å². The zero-order chi connectivity index (χ0) is 13.7. The number of hydrogen-bond acceptors (Lipinski definition) is 4. The van der Waals surface area contributed by atoms with Gasteiger partial charge in [0.15, 0.2) is 0 Å². The van der Waals surface area contributed by atoms with Gasteiger partial charge in [0.2, 0.25) is 5.91 Å². The first-order valence-electron chi connectivity index (χ1n) is 5.96. The van der Waals surface area contributed by atoms with Crippen LogP contribution in [0.15, 0.2) is 10.7 Å². The molecule has 0 fully saturated rings. The summed E-state index contributed by atoms with van der Waals surface area (Å²) >= 11 is 3.37. The van der Waals surface area contributed by atoms with Crippen molar-refractivity contribution >= 4 is 27.7 Å². The lowest BCUT2D eigenvalue weighted by Gasteiger charge is -2.18. The molecule has 1 aromatic rings. The lowest BCUT2D eigenvalue weighted by Crippen LogP contribution is -2.35. The van der Waals surface area contributed by atoms with Crippen molar-refractivity contribution in [2.45, 2.75) is 26.7 Å². The number of carbonyl (C=O) groups excluding carboxylic acids is 1. The third kappa shape index (κ3) is 4.25. The summed E-state index contributed by atoms with van der Waals surface area (Å²) < 4.78 is 0.735. The molecule has 6 heteroatoms. The van der Waals surface area contributed by atoms with E-state index in [4.69, 9.17) is 0 Å². The van der Waals surface area contributed by atoms with Crippen molar-refractivity contribution in [1.82, 2.24) is 15.3 Å². The molecule has 0 saturated heterocycles. The van der Waals surface area contributed by atoms with Gasteiger partial charge in [0, 0.05) is 25.6 Å². The molecule has 0 spiro atoms. The Morgan fingerprint density at radius 2 is 2.17 bits per heavy atom. The lowest BCUT2D eigenvalue weighted by molar-refractivity contribution is -0.119. The minimum Gasteiger partial charge on any atom is -0.355 e. The molecule has 5 nitrogen and oxygen atoms in total. The third-order valence-electron chi connectivity index (χ3n) is 2.36. The number of aromatic nitrogens is 2. The number of nitrogens with one attached hydrogen (secondary N) is 1. The van der Waals surface area contributed by atoms with Crippen LogP contribution in [0, 0.1) is 0 Å². The maximum atomic E-state index is 11.5. The van der Waals surface area contributed by atoms with Crippen LogP contribution in [-0.4, -0.2) is 36.0 Å². The van der Waals surface area contributed by atoms with Crippen molar-refractivity contribution in [2.24, 2.45) is 0 Å². The third-order valence-corrected chi connectivity index (χ3v) is 2.77. The zero-order valence-corrected chi connectivity index (χ0v) is 12.8. The van der Waals surface area contributed by atoms with E-state index in [9.17, 15) is 4.79 Å². The first-order chi connectivity index (χ1) is 8.43. The first-order valence-corrected chi connectivity index (χ1v) is 6.75. The van der Waals surface area contributed by atoms with Crippen LogP contribution in [0.5, 0.6) is 0 Å². The van der Waals surface area contributed by atoms with Gasteiger partial charge in [-0.1, -0.05) is 13.8 Å². The van der Waals surface area contributed by atoms with Gasteiger partial charge in [-0.3, -0.25) is 4.79 Å². The molecule has 0 aliphatic carbocycles. The fourth-order valence-electron chi connectivity index (χ4n) is 1.43. The summed E-state index contributed by atoms with van der Waals surface area (Å²) in [6, 6.07) is 1.81. The Kier molecular flexibility index (Phi) is 5.53. The van der Waals surface area contributed by atoms with Crippen LogP contribution < -0.4 is 10.2 Å². The quantitative estimate of drug-likeness (QED) is 0.844. The summed E-state index contributed by atoms with van der Waals surface area (Å²) in [5.41, 5.74) is 0. The predicted octanol–water partition coefficient (Wildman–Crippen LogP) is 1.93. The molecule has 1 N–H and O–H groups in total. The lowest BCUT2D eigenvalue weighted by atomic mass is 10.2. The number of anilines is 1. The van der Waals surface area contributed by atoms with E-state index < -0.39 is 0 Å². The van der Waals surface area contributed by atoms with Crippen LogP contribution in [0.2, 0.25) is 0 Å². The van der Waals surface area contributed by atoms with E-state index in [1.165, 1.54) is 0 Å². The Balaban J connectivity index is 2.85. The fraction of sp³-hybridized carbons (Fsp3) is 0.583. The molecule has 0 unspecified atom stereocenters. The van der Waals surface area contributed by atoms with Gasteiger partial charge in [0.25, 0.3) is 0 Å². The minimum absolute atomic E-state index is 0.0131. The second-order valence-corrected chi connectivity index (χ2v) is 5.18. The summed E-state index contributed by atoms with van der Waals surface area (Å²) in [4.78, 5) is 22.1. The van der Waals surface area contributed by atoms with Crippen LogP contribution in [0.25, 0.3) is 0 Å². The number of hydrogen-bond donors (Lipinski definition) is 1. The molecule has 18 heavy (non-hydrogen) atoms. The van der Waals surface area contributed by atoms with Gasteiger partial charge >= 0.3 is 0 Å². The van der Waals surface area contributed by atoms with E-state index in [1.807, 2.05) is 38.8 Å². The van der Waals surface area contributed by atoms with Gasteiger partial charge in [-0.15, -0.1) is 0 Å². The molecule has 1 rings (SSSR count). The van der Waals surface area contributed by atoms with Crippen molar-refractivity contribution in [3.8, 4) is 0 Å². The highest BCUT2D eigenvalue weighted by Gasteiger charge is 2.12. The van der Waals surface area contributed by atoms with Gasteiger partial charge in [0.1, 0.15) is 16.2 Å². The monoisotopic (exact) mass is 314 g/mol. The maximum Gasteiger partial charge on any atom is 0.239 e. The van der Waals surface area contributed by atoms with Crippen molar-refractivity contribution in [2.75, 3.05) is 25.0 Å². The highest BCUT2D eigenvalue weighted by Crippen LogP contribution is 2.19. The standard InChI is InChI=1S/C12H19BrN4O/c1-5-14-11(18)7-17(4)10-6-9(13)15-12(16-10)8(2)3/h6,8H,5,7H2,1-4H3,(H,14,18). The van der Waals surface area contributed by atoms with Crippen molar-refractivity contribution in [1.29, 1.82) is 0 Å². The molecule has 100 valence electrons. The summed E-state index contributed by atoms with van der Waals surface area (Å²) in [6.07, 6.45) is 0. The Morgan fingerprint density at radius 1 is 1.50 bits per heavy atom. The van der Waals surface area contributed by atoms with E-state index in [1.54, 1.807) is 0 Å². The molecule has 1 aromatic heterocycles. The Bertz CT molecular complexity index is 423. The molecule has 0 aliphatic heterocycles. The van der Waals surface area contributed by atoms with Gasteiger partial charge in [-0.25, -0.2) is 9.97 Å². The number of halogens is 1. The van der Waals surface area contributed by atoms with Crippen LogP contribution in [0.3, 0.4) is 0 Å². The van der Waals surface area contributed by atoms with Crippen molar-refractivity contribution in [3.05, 3.63) is 16.5 Å². The van der Waals surface area contributed by atoms with E-state index in [2.05, 4.69) is 31.2 Å². The number of rotatable bonds is 5. The summed E-state index contributed by atoms with van der Waals surface area (Å²) in [6.45, 7) is 6.90. The summed E-state index contributed by atoms with van der Waals surface area (Å²) in [7, 11) is 1.84. The second kappa shape index (κ2) is 6.68. The second-order valence-electron chi connectivity index (χ2n) is 4.37. The molecule has 1 heterocycles. The topological polar surface area (TPSA) is 58.1 Å². The number of amides is 1. The highest BCUT2D eigenvalue weighted by atomic mass is 79.9. The van der Waals surface area contributed by atoms with Gasteiger partial charge in [0.05, 0.1) is 6.54 Å². The molecule has 0 bridgehead atoms. The average molecular weight is 315 g/mol. The highest BCUT2D eigenvalue weighted by molar-refractivity contribution is 9.10. The predicted molar refractivity (Wildman–Crippen MR) is 75.8 cm³/mol. The van der Waals surface area contributed by atoms with Gasteiger partial charge in [-0.05, 0) is 22.9 Å². The minimum atomic E-state index is -0.0131. The number of likely N-dealkylation sites (N-methyl/N-ethyl adjacent to an activating group) is 2. The molecule has 0 atom stereocenters. The molecule has 0 radical (unpaired) electrons. The maximum absolute atomic E-state index is 11.5. The molecule has 0 aromatic carbocycles. The van der Waals surface area contributed by atoms with Crippen molar-refractivity contribution < 1.29 is 4.79 Å². The molecular weight excluding hydrogens is 296 g/mol. The summed E-state index contributed by atoms with van der Waals surface area (Å²) in [5.74, 6) is 1.74.